The minimum atomic E-state index is 0.289. The molecule has 2 N–H and O–H groups in total. The summed E-state index contributed by atoms with van der Waals surface area (Å²) in [7, 11) is 1.59. The molecule has 0 spiro atoms. The fourth-order valence-electron chi connectivity index (χ4n) is 1.61. The number of thiocarbonyl (C=S) groups is 1. The Morgan fingerprint density at radius 1 is 1.11 bits per heavy atom. The minimum Gasteiger partial charge on any atom is -0.493 e. The van der Waals surface area contributed by atoms with E-state index in [9.17, 15) is 0 Å². The van der Waals surface area contributed by atoms with Gasteiger partial charge >= 0.3 is 0 Å². The molecule has 2 aromatic carbocycles. The Labute approximate surface area is 125 Å². The minimum absolute atomic E-state index is 0.289. The quantitative estimate of drug-likeness (QED) is 0.859. The highest BCUT2D eigenvalue weighted by Crippen LogP contribution is 2.34. The summed E-state index contributed by atoms with van der Waals surface area (Å²) in [5.41, 5.74) is 6.38. The van der Waals surface area contributed by atoms with Crippen LogP contribution in [0.25, 0.3) is 0 Å². The Balaban J connectivity index is 2.42. The van der Waals surface area contributed by atoms with Gasteiger partial charge in [0.25, 0.3) is 0 Å². The van der Waals surface area contributed by atoms with Gasteiger partial charge in [-0.05, 0) is 30.3 Å². The van der Waals surface area contributed by atoms with Gasteiger partial charge in [-0.15, -0.1) is 0 Å². The first-order chi connectivity index (χ1) is 9.11. The Kier molecular flexibility index (Phi) is 4.39. The molecule has 0 fully saturated rings. The van der Waals surface area contributed by atoms with Crippen molar-refractivity contribution in [2.24, 2.45) is 5.73 Å². The van der Waals surface area contributed by atoms with Crippen molar-refractivity contribution in [3.8, 4) is 17.2 Å². The molecule has 3 nitrogen and oxygen atoms in total. The molecule has 5 heteroatoms. The van der Waals surface area contributed by atoms with E-state index in [1.165, 1.54) is 0 Å². The maximum absolute atomic E-state index is 5.85. The zero-order valence-corrected chi connectivity index (χ0v) is 12.6. The summed E-state index contributed by atoms with van der Waals surface area (Å²) < 4.78 is 12.0. The third-order valence-corrected chi connectivity index (χ3v) is 3.21. The van der Waals surface area contributed by atoms with Crippen LogP contribution in [0.5, 0.6) is 17.2 Å². The van der Waals surface area contributed by atoms with Gasteiger partial charge in [-0.25, -0.2) is 0 Å². The first-order valence-electron chi connectivity index (χ1n) is 5.52. The van der Waals surface area contributed by atoms with Gasteiger partial charge in [0, 0.05) is 4.47 Å². The third-order valence-electron chi connectivity index (χ3n) is 2.50. The Morgan fingerprint density at radius 2 is 1.79 bits per heavy atom. The number of rotatable bonds is 4. The summed E-state index contributed by atoms with van der Waals surface area (Å²) in [6, 6.07) is 12.9. The van der Waals surface area contributed by atoms with Crippen LogP contribution in [0.4, 0.5) is 0 Å². The van der Waals surface area contributed by atoms with Gasteiger partial charge < -0.3 is 15.2 Å². The summed E-state index contributed by atoms with van der Waals surface area (Å²) in [5.74, 6) is 1.85. The van der Waals surface area contributed by atoms with Crippen molar-refractivity contribution in [3.63, 3.8) is 0 Å². The van der Waals surface area contributed by atoms with E-state index in [4.69, 9.17) is 27.4 Å². The number of methoxy groups -OCH3 is 1. The molecule has 2 rings (SSSR count). The molecule has 0 aliphatic rings. The highest BCUT2D eigenvalue weighted by Gasteiger charge is 2.11. The SMILES string of the molecule is COc1ccccc1Oc1cc(Br)ccc1C(N)=S. The van der Waals surface area contributed by atoms with E-state index in [-0.39, 0.29) is 4.99 Å². The topological polar surface area (TPSA) is 44.5 Å². The van der Waals surface area contributed by atoms with Crippen LogP contribution in [0, 0.1) is 0 Å². The van der Waals surface area contributed by atoms with E-state index in [1.54, 1.807) is 7.11 Å². The summed E-state index contributed by atoms with van der Waals surface area (Å²) in [4.78, 5) is 0.289. The monoisotopic (exact) mass is 337 g/mol. The maximum atomic E-state index is 5.85. The molecule has 0 atom stereocenters. The molecule has 2 aromatic rings. The summed E-state index contributed by atoms with van der Waals surface area (Å²) in [5, 5.41) is 0. The highest BCUT2D eigenvalue weighted by atomic mass is 79.9. The normalized spacial score (nSPS) is 10.0. The Bertz CT molecular complexity index is 616. The van der Waals surface area contributed by atoms with Crippen LogP contribution in [-0.2, 0) is 0 Å². The van der Waals surface area contributed by atoms with Gasteiger partial charge in [-0.3, -0.25) is 0 Å². The van der Waals surface area contributed by atoms with Crippen LogP contribution >= 0.6 is 28.1 Å². The lowest BCUT2D eigenvalue weighted by Gasteiger charge is -2.13. The summed E-state index contributed by atoms with van der Waals surface area (Å²) >= 11 is 8.42. The van der Waals surface area contributed by atoms with Crippen molar-refractivity contribution >= 4 is 33.1 Å². The number of nitrogens with two attached hydrogens (primary N) is 1. The first kappa shape index (κ1) is 13.8. The molecule has 0 saturated heterocycles. The van der Waals surface area contributed by atoms with E-state index in [2.05, 4.69) is 15.9 Å². The molecule has 0 bridgehead atoms. The van der Waals surface area contributed by atoms with Crippen molar-refractivity contribution in [2.45, 2.75) is 0 Å². The van der Waals surface area contributed by atoms with E-state index < -0.39 is 0 Å². The number of para-hydroxylation sites is 2. The molecule has 0 radical (unpaired) electrons. The molecule has 0 amide bonds. The van der Waals surface area contributed by atoms with Crippen LogP contribution in [0.15, 0.2) is 46.9 Å². The summed E-state index contributed by atoms with van der Waals surface area (Å²) in [6.07, 6.45) is 0. The van der Waals surface area contributed by atoms with E-state index in [0.29, 0.717) is 22.8 Å². The van der Waals surface area contributed by atoms with Crippen LogP contribution in [0.3, 0.4) is 0 Å². The Morgan fingerprint density at radius 3 is 2.42 bits per heavy atom. The Hall–Kier alpha value is -1.59. The predicted octanol–water partition coefficient (Wildman–Crippen LogP) is 3.88. The summed E-state index contributed by atoms with van der Waals surface area (Å²) in [6.45, 7) is 0. The van der Waals surface area contributed by atoms with Crippen molar-refractivity contribution in [2.75, 3.05) is 7.11 Å². The van der Waals surface area contributed by atoms with Crippen LogP contribution in [-0.4, -0.2) is 12.1 Å². The fourth-order valence-corrected chi connectivity index (χ4v) is 2.11. The largest absolute Gasteiger partial charge is 0.493 e. The molecule has 0 aromatic heterocycles. The molecule has 0 aliphatic heterocycles. The maximum Gasteiger partial charge on any atom is 0.169 e. The lowest BCUT2D eigenvalue weighted by Crippen LogP contribution is -2.10. The third kappa shape index (κ3) is 3.24. The molecule has 98 valence electrons. The number of halogens is 1. The number of hydrogen-bond donors (Lipinski definition) is 1. The fraction of sp³-hybridized carbons (Fsp3) is 0.0714. The molecule has 0 unspecified atom stereocenters. The first-order valence-corrected chi connectivity index (χ1v) is 6.72. The van der Waals surface area contributed by atoms with Crippen molar-refractivity contribution < 1.29 is 9.47 Å². The van der Waals surface area contributed by atoms with Crippen molar-refractivity contribution in [3.05, 3.63) is 52.5 Å². The van der Waals surface area contributed by atoms with Gasteiger partial charge in [0.1, 0.15) is 10.7 Å². The molecule has 0 saturated carbocycles. The second-order valence-electron chi connectivity index (χ2n) is 3.76. The number of hydrogen-bond acceptors (Lipinski definition) is 3. The standard InChI is InChI=1S/C14H12BrNO2S/c1-17-11-4-2-3-5-12(11)18-13-8-9(15)6-7-10(13)14(16)19/h2-8H,1H3,(H2,16,19). The van der Waals surface area contributed by atoms with Gasteiger partial charge in [0.15, 0.2) is 11.5 Å². The van der Waals surface area contributed by atoms with Crippen molar-refractivity contribution in [1.82, 2.24) is 0 Å². The zero-order chi connectivity index (χ0) is 13.8. The van der Waals surface area contributed by atoms with Gasteiger partial charge in [-0.2, -0.15) is 0 Å². The highest BCUT2D eigenvalue weighted by molar-refractivity contribution is 9.10. The lowest BCUT2D eigenvalue weighted by molar-refractivity contribution is 0.378. The molecule has 0 heterocycles. The second kappa shape index (κ2) is 6.04. The van der Waals surface area contributed by atoms with E-state index in [1.807, 2.05) is 42.5 Å². The van der Waals surface area contributed by atoms with Crippen LogP contribution < -0.4 is 15.2 Å². The average molecular weight is 338 g/mol. The number of ether oxygens (including phenoxy) is 2. The van der Waals surface area contributed by atoms with Gasteiger partial charge in [-0.1, -0.05) is 40.3 Å². The van der Waals surface area contributed by atoms with Gasteiger partial charge in [0.2, 0.25) is 0 Å². The zero-order valence-electron chi connectivity index (χ0n) is 10.2. The molecular formula is C14H12BrNO2S. The van der Waals surface area contributed by atoms with Gasteiger partial charge in [0.05, 0.1) is 12.7 Å². The second-order valence-corrected chi connectivity index (χ2v) is 5.11. The smallest absolute Gasteiger partial charge is 0.169 e. The van der Waals surface area contributed by atoms with Crippen molar-refractivity contribution in [1.29, 1.82) is 0 Å². The average Bonchev–Trinajstić information content (AvgIpc) is 2.39. The van der Waals surface area contributed by atoms with E-state index in [0.717, 1.165) is 4.47 Å². The van der Waals surface area contributed by atoms with Crippen LogP contribution in [0.2, 0.25) is 0 Å². The molecule has 19 heavy (non-hydrogen) atoms. The number of benzene rings is 2. The van der Waals surface area contributed by atoms with Crippen LogP contribution in [0.1, 0.15) is 5.56 Å². The molecule has 0 aliphatic carbocycles. The van der Waals surface area contributed by atoms with E-state index >= 15 is 0 Å². The molecular weight excluding hydrogens is 326 g/mol. The lowest BCUT2D eigenvalue weighted by atomic mass is 10.2. The predicted molar refractivity (Wildman–Crippen MR) is 83.1 cm³/mol.